The molecule has 3 rings (SSSR count). The average molecular weight is 520 g/mol. The molecule has 1 amide bonds. The summed E-state index contributed by atoms with van der Waals surface area (Å²) in [5.41, 5.74) is 2.11. The number of anilines is 1. The van der Waals surface area contributed by atoms with Gasteiger partial charge in [0.05, 0.1) is 41.1 Å². The van der Waals surface area contributed by atoms with Crippen LogP contribution in [0.5, 0.6) is 11.5 Å². The number of hydrogen-bond acceptors (Lipinski definition) is 6. The summed E-state index contributed by atoms with van der Waals surface area (Å²) in [6.07, 6.45) is 0. The topological polar surface area (TPSA) is 109 Å². The van der Waals surface area contributed by atoms with E-state index in [0.717, 1.165) is 0 Å². The lowest BCUT2D eigenvalue weighted by molar-refractivity contribution is -0.113. The van der Waals surface area contributed by atoms with E-state index in [-0.39, 0.29) is 17.1 Å². The Balaban J connectivity index is 2.03. The van der Waals surface area contributed by atoms with Crippen LogP contribution in [0.15, 0.2) is 52.1 Å². The Morgan fingerprint density at radius 2 is 2.00 bits per heavy atom. The van der Waals surface area contributed by atoms with Crippen LogP contribution in [-0.4, -0.2) is 35.8 Å². The Morgan fingerprint density at radius 3 is 2.69 bits per heavy atom. The molecule has 0 spiro atoms. The lowest BCUT2D eigenvalue weighted by atomic mass is 9.94. The third-order valence-electron chi connectivity index (χ3n) is 4.78. The van der Waals surface area contributed by atoms with E-state index in [0.29, 0.717) is 38.7 Å². The zero-order valence-electron chi connectivity index (χ0n) is 17.6. The molecule has 0 radical (unpaired) electrons. The molecule has 2 aromatic rings. The molecule has 0 aliphatic carbocycles. The summed E-state index contributed by atoms with van der Waals surface area (Å²) < 4.78 is 10.7. The van der Waals surface area contributed by atoms with Crippen molar-refractivity contribution < 1.29 is 24.2 Å². The zero-order chi connectivity index (χ0) is 23.4. The lowest BCUT2D eigenvalue weighted by Crippen LogP contribution is -2.45. The van der Waals surface area contributed by atoms with Crippen molar-refractivity contribution >= 4 is 50.8 Å². The van der Waals surface area contributed by atoms with E-state index in [4.69, 9.17) is 21.7 Å². The number of carbonyl (C=O) groups is 2. The van der Waals surface area contributed by atoms with Gasteiger partial charge in [-0.05, 0) is 71.8 Å². The van der Waals surface area contributed by atoms with Gasteiger partial charge < -0.3 is 30.5 Å². The summed E-state index contributed by atoms with van der Waals surface area (Å²) in [5, 5.41) is 19.5. The van der Waals surface area contributed by atoms with Crippen LogP contribution in [0.2, 0.25) is 0 Å². The number of methoxy groups -OCH3 is 1. The first-order valence-corrected chi connectivity index (χ1v) is 10.9. The first-order chi connectivity index (χ1) is 15.3. The number of phenolic OH excluding ortho intramolecular Hbond substituents is 1. The Hall–Kier alpha value is -3.11. The van der Waals surface area contributed by atoms with Crippen LogP contribution in [0.3, 0.4) is 0 Å². The predicted octanol–water partition coefficient (Wildman–Crippen LogP) is 3.77. The van der Waals surface area contributed by atoms with Crippen LogP contribution in [0, 0.1) is 0 Å². The van der Waals surface area contributed by atoms with Crippen molar-refractivity contribution in [3.63, 3.8) is 0 Å². The molecule has 1 aliphatic rings. The fourth-order valence-corrected chi connectivity index (χ4v) is 4.07. The van der Waals surface area contributed by atoms with E-state index in [2.05, 4.69) is 31.9 Å². The monoisotopic (exact) mass is 519 g/mol. The molecule has 4 N–H and O–H groups in total. The fraction of sp³-hybridized carbons (Fsp3) is 0.227. The minimum atomic E-state index is -0.634. The van der Waals surface area contributed by atoms with Crippen molar-refractivity contribution in [3.8, 4) is 11.5 Å². The molecular weight excluding hydrogens is 498 g/mol. The number of ether oxygens (including phenoxy) is 2. The van der Waals surface area contributed by atoms with E-state index in [1.165, 1.54) is 7.11 Å². The van der Waals surface area contributed by atoms with Crippen LogP contribution in [0.4, 0.5) is 5.69 Å². The summed E-state index contributed by atoms with van der Waals surface area (Å²) in [4.78, 5) is 25.4. The molecule has 168 valence electrons. The van der Waals surface area contributed by atoms with Crippen LogP contribution >= 0.6 is 28.1 Å². The average Bonchev–Trinajstić information content (AvgIpc) is 2.76. The van der Waals surface area contributed by atoms with E-state index in [1.54, 1.807) is 50.2 Å². The molecule has 10 heteroatoms. The standard InChI is InChI=1S/C22H22BrN3O5S/c1-4-31-16-10-12(9-14(23)19(16)27)18-17(11(2)24-22(32)26-18)20(28)25-15-8-6-5-7-13(15)21(29)30-3/h5-10,18,27H,4H2,1-3H3,(H,25,28)(H2,24,26,32)/t18-/m1/s1. The number of esters is 1. The van der Waals surface area contributed by atoms with Gasteiger partial charge in [0.1, 0.15) is 0 Å². The molecule has 1 heterocycles. The molecule has 1 aliphatic heterocycles. The number of benzene rings is 2. The second-order valence-electron chi connectivity index (χ2n) is 6.84. The quantitative estimate of drug-likeness (QED) is 0.337. The van der Waals surface area contributed by atoms with E-state index < -0.39 is 17.9 Å². The highest BCUT2D eigenvalue weighted by Crippen LogP contribution is 2.39. The van der Waals surface area contributed by atoms with Crippen LogP contribution in [-0.2, 0) is 9.53 Å². The third kappa shape index (κ3) is 4.86. The number of rotatable bonds is 6. The fourth-order valence-electron chi connectivity index (χ4n) is 3.34. The van der Waals surface area contributed by atoms with Gasteiger partial charge in [0, 0.05) is 5.70 Å². The van der Waals surface area contributed by atoms with Crippen molar-refractivity contribution in [2.45, 2.75) is 19.9 Å². The van der Waals surface area contributed by atoms with Gasteiger partial charge in [-0.2, -0.15) is 0 Å². The molecule has 0 aromatic heterocycles. The van der Waals surface area contributed by atoms with Crippen molar-refractivity contribution in [1.82, 2.24) is 10.6 Å². The van der Waals surface area contributed by atoms with Gasteiger partial charge in [0.2, 0.25) is 0 Å². The molecule has 1 atom stereocenters. The number of hydrogen-bond donors (Lipinski definition) is 4. The van der Waals surface area contributed by atoms with E-state index in [1.807, 2.05) is 0 Å². The maximum atomic E-state index is 13.4. The highest BCUT2D eigenvalue weighted by Gasteiger charge is 2.31. The second-order valence-corrected chi connectivity index (χ2v) is 8.11. The van der Waals surface area contributed by atoms with Crippen molar-refractivity contribution in [2.75, 3.05) is 19.0 Å². The molecule has 0 saturated carbocycles. The van der Waals surface area contributed by atoms with Crippen LogP contribution in [0.1, 0.15) is 35.8 Å². The van der Waals surface area contributed by atoms with Gasteiger partial charge in [-0.15, -0.1) is 0 Å². The summed E-state index contributed by atoms with van der Waals surface area (Å²) in [7, 11) is 1.28. The normalized spacial score (nSPS) is 15.5. The molecule has 0 bridgehead atoms. The van der Waals surface area contributed by atoms with Gasteiger partial charge >= 0.3 is 5.97 Å². The minimum absolute atomic E-state index is 0.0363. The predicted molar refractivity (Wildman–Crippen MR) is 128 cm³/mol. The van der Waals surface area contributed by atoms with Gasteiger partial charge in [-0.25, -0.2) is 4.79 Å². The number of thiocarbonyl (C=S) groups is 1. The number of phenols is 1. The maximum absolute atomic E-state index is 13.4. The zero-order valence-corrected chi connectivity index (χ0v) is 20.0. The molecule has 0 saturated heterocycles. The Morgan fingerprint density at radius 1 is 1.28 bits per heavy atom. The van der Waals surface area contributed by atoms with Gasteiger partial charge in [-0.1, -0.05) is 12.1 Å². The van der Waals surface area contributed by atoms with E-state index >= 15 is 0 Å². The number of nitrogens with one attached hydrogen (secondary N) is 3. The number of carbonyl (C=O) groups excluding carboxylic acids is 2. The maximum Gasteiger partial charge on any atom is 0.339 e. The van der Waals surface area contributed by atoms with Gasteiger partial charge in [-0.3, -0.25) is 4.79 Å². The second kappa shape index (κ2) is 10.0. The Bertz CT molecular complexity index is 1120. The van der Waals surface area contributed by atoms with E-state index in [9.17, 15) is 14.7 Å². The number of aromatic hydroxyl groups is 1. The third-order valence-corrected chi connectivity index (χ3v) is 5.60. The number of amides is 1. The molecule has 8 nitrogen and oxygen atoms in total. The number of allylic oxidation sites excluding steroid dienone is 1. The number of para-hydroxylation sites is 1. The minimum Gasteiger partial charge on any atom is -0.503 e. The first kappa shape index (κ1) is 23.6. The molecular formula is C22H22BrN3O5S. The van der Waals surface area contributed by atoms with Gasteiger partial charge in [0.25, 0.3) is 5.91 Å². The van der Waals surface area contributed by atoms with Crippen LogP contribution in [0.25, 0.3) is 0 Å². The molecule has 0 unspecified atom stereocenters. The van der Waals surface area contributed by atoms with Gasteiger partial charge in [0.15, 0.2) is 16.6 Å². The Kier molecular flexibility index (Phi) is 7.37. The summed E-state index contributed by atoms with van der Waals surface area (Å²) in [6.45, 7) is 3.90. The summed E-state index contributed by atoms with van der Waals surface area (Å²) in [6, 6.07) is 9.28. The molecule has 32 heavy (non-hydrogen) atoms. The van der Waals surface area contributed by atoms with Crippen molar-refractivity contribution in [1.29, 1.82) is 0 Å². The smallest absolute Gasteiger partial charge is 0.339 e. The summed E-state index contributed by atoms with van der Waals surface area (Å²) in [5.74, 6) is -0.760. The lowest BCUT2D eigenvalue weighted by Gasteiger charge is -2.31. The van der Waals surface area contributed by atoms with Crippen LogP contribution < -0.4 is 20.7 Å². The van der Waals surface area contributed by atoms with Crippen molar-refractivity contribution in [3.05, 3.63) is 63.3 Å². The largest absolute Gasteiger partial charge is 0.503 e. The SMILES string of the molecule is CCOc1cc([C@H]2NC(=S)NC(C)=C2C(=O)Nc2ccccc2C(=O)OC)cc(Br)c1O. The first-order valence-electron chi connectivity index (χ1n) is 9.69. The highest BCUT2D eigenvalue weighted by molar-refractivity contribution is 9.10. The molecule has 0 fully saturated rings. The number of halogens is 1. The Labute approximate surface area is 199 Å². The highest BCUT2D eigenvalue weighted by atomic mass is 79.9. The molecule has 2 aromatic carbocycles. The summed E-state index contributed by atoms with van der Waals surface area (Å²) >= 11 is 8.63. The van der Waals surface area contributed by atoms with Crippen molar-refractivity contribution in [2.24, 2.45) is 0 Å².